The average molecular weight is 562 g/mol. The first-order valence-electron chi connectivity index (χ1n) is 13.0. The molecule has 210 valence electrons. The van der Waals surface area contributed by atoms with Crippen LogP contribution in [0.1, 0.15) is 29.8 Å². The zero-order chi connectivity index (χ0) is 29.1. The van der Waals surface area contributed by atoms with Crippen LogP contribution < -0.4 is 11.1 Å². The topological polar surface area (TPSA) is 133 Å². The normalized spacial score (nSPS) is 13.0. The van der Waals surface area contributed by atoms with Gasteiger partial charge in [-0.25, -0.2) is 13.2 Å². The average Bonchev–Trinajstić information content (AvgIpc) is 2.91. The molecule has 4 rings (SSSR count). The van der Waals surface area contributed by atoms with E-state index in [4.69, 9.17) is 5.73 Å². The van der Waals surface area contributed by atoms with Gasteiger partial charge < -0.3 is 21.3 Å². The Kier molecular flexibility index (Phi) is 8.60. The SMILES string of the molecule is CN(C[C@H](O)CNC(C)(C)Cc1ccc2ccccc2c1)S(=O)(=O)c1cccc(-c2ccc(C(=O)O)cc2N)c1. The number of β-amino-alcohol motifs (C(OH)–C–C–N with tert-alkyl or cyclic N) is 1. The summed E-state index contributed by atoms with van der Waals surface area (Å²) in [5.74, 6) is -1.10. The number of carbonyl (C=O) groups is 1. The minimum absolute atomic E-state index is 0.0472. The van der Waals surface area contributed by atoms with Crippen LogP contribution in [0, 0.1) is 0 Å². The number of aliphatic hydroxyl groups is 1. The van der Waals surface area contributed by atoms with Crippen molar-refractivity contribution in [3.05, 3.63) is 96.1 Å². The summed E-state index contributed by atoms with van der Waals surface area (Å²) in [7, 11) is -2.48. The lowest BCUT2D eigenvalue weighted by molar-refractivity contribution is 0.0697. The predicted molar refractivity (Wildman–Crippen MR) is 159 cm³/mol. The number of sulfonamides is 1. The molecular formula is C31H35N3O5S. The Morgan fingerprint density at radius 2 is 1.70 bits per heavy atom. The van der Waals surface area contributed by atoms with Crippen LogP contribution >= 0.6 is 0 Å². The van der Waals surface area contributed by atoms with Gasteiger partial charge in [0.05, 0.1) is 16.6 Å². The van der Waals surface area contributed by atoms with Gasteiger partial charge >= 0.3 is 5.97 Å². The van der Waals surface area contributed by atoms with Crippen molar-refractivity contribution in [3.63, 3.8) is 0 Å². The summed E-state index contributed by atoms with van der Waals surface area (Å²) in [6, 6.07) is 25.2. The number of hydrogen-bond donors (Lipinski definition) is 4. The van der Waals surface area contributed by atoms with Crippen molar-refractivity contribution in [1.82, 2.24) is 9.62 Å². The van der Waals surface area contributed by atoms with Gasteiger partial charge in [0, 0.05) is 36.9 Å². The highest BCUT2D eigenvalue weighted by Gasteiger charge is 2.25. The smallest absolute Gasteiger partial charge is 0.335 e. The third kappa shape index (κ3) is 6.86. The second kappa shape index (κ2) is 11.8. The monoisotopic (exact) mass is 561 g/mol. The largest absolute Gasteiger partial charge is 0.478 e. The highest BCUT2D eigenvalue weighted by Crippen LogP contribution is 2.29. The van der Waals surface area contributed by atoms with E-state index in [-0.39, 0.29) is 34.8 Å². The van der Waals surface area contributed by atoms with Crippen molar-refractivity contribution in [2.75, 3.05) is 25.9 Å². The number of nitrogens with zero attached hydrogens (tertiary/aromatic N) is 1. The van der Waals surface area contributed by atoms with Gasteiger partial charge in [0.15, 0.2) is 0 Å². The minimum Gasteiger partial charge on any atom is -0.478 e. The standard InChI is InChI=1S/C31H35N3O5S/c1-31(2,18-21-11-12-22-7-4-5-8-23(22)15-21)33-19-26(35)20-34(3)40(38,39)27-10-6-9-24(16-27)28-14-13-25(30(36)37)17-29(28)32/h4-17,26,33,35H,18-20,32H2,1-3H3,(H,36,37)/t26-/m1/s1. The third-order valence-corrected chi connectivity index (χ3v) is 8.72. The summed E-state index contributed by atoms with van der Waals surface area (Å²) >= 11 is 0. The molecule has 0 radical (unpaired) electrons. The fourth-order valence-electron chi connectivity index (χ4n) is 4.74. The van der Waals surface area contributed by atoms with Crippen molar-refractivity contribution < 1.29 is 23.4 Å². The van der Waals surface area contributed by atoms with Gasteiger partial charge in [0.25, 0.3) is 0 Å². The van der Waals surface area contributed by atoms with Crippen molar-refractivity contribution in [2.45, 2.75) is 36.8 Å². The van der Waals surface area contributed by atoms with E-state index in [0.717, 1.165) is 10.7 Å². The number of aliphatic hydroxyl groups excluding tert-OH is 1. The van der Waals surface area contributed by atoms with E-state index in [1.165, 1.54) is 47.6 Å². The summed E-state index contributed by atoms with van der Waals surface area (Å²) in [6.45, 7) is 4.22. The lowest BCUT2D eigenvalue weighted by atomic mass is 9.93. The Bertz CT molecular complexity index is 1640. The molecule has 0 aliphatic rings. The number of benzene rings is 4. The fourth-order valence-corrected chi connectivity index (χ4v) is 5.99. The van der Waals surface area contributed by atoms with Gasteiger partial charge in [-0.05, 0) is 66.4 Å². The van der Waals surface area contributed by atoms with E-state index in [0.29, 0.717) is 11.1 Å². The summed E-state index contributed by atoms with van der Waals surface area (Å²) in [6.07, 6.45) is -0.194. The van der Waals surface area contributed by atoms with Crippen LogP contribution in [0.2, 0.25) is 0 Å². The number of hydrogen-bond acceptors (Lipinski definition) is 6. The van der Waals surface area contributed by atoms with Crippen molar-refractivity contribution in [1.29, 1.82) is 0 Å². The molecule has 0 saturated heterocycles. The Morgan fingerprint density at radius 1 is 0.975 bits per heavy atom. The fraction of sp³-hybridized carbons (Fsp3) is 0.258. The Morgan fingerprint density at radius 3 is 2.40 bits per heavy atom. The number of rotatable bonds is 11. The number of nitrogens with one attached hydrogen (secondary N) is 1. The van der Waals surface area contributed by atoms with Gasteiger partial charge in [-0.15, -0.1) is 0 Å². The zero-order valence-electron chi connectivity index (χ0n) is 22.8. The molecule has 0 heterocycles. The molecule has 9 heteroatoms. The van der Waals surface area contributed by atoms with Crippen molar-refractivity contribution >= 4 is 32.5 Å². The Balaban J connectivity index is 1.39. The molecule has 1 atom stereocenters. The number of fused-ring (bicyclic) bond motifs is 1. The molecule has 0 fully saturated rings. The lowest BCUT2D eigenvalue weighted by Gasteiger charge is -2.29. The maximum absolute atomic E-state index is 13.3. The molecule has 8 nitrogen and oxygen atoms in total. The maximum Gasteiger partial charge on any atom is 0.335 e. The van der Waals surface area contributed by atoms with Gasteiger partial charge in [-0.2, -0.15) is 4.31 Å². The number of carboxylic acid groups (broad SMARTS) is 1. The number of anilines is 1. The summed E-state index contributed by atoms with van der Waals surface area (Å²) < 4.78 is 27.8. The molecule has 0 bridgehead atoms. The number of likely N-dealkylation sites (N-methyl/N-ethyl adjacent to an activating group) is 1. The van der Waals surface area contributed by atoms with Gasteiger partial charge in [0.1, 0.15) is 0 Å². The van der Waals surface area contributed by atoms with Gasteiger partial charge in [-0.1, -0.05) is 60.7 Å². The molecular weight excluding hydrogens is 526 g/mol. The quantitative estimate of drug-likeness (QED) is 0.200. The van der Waals surface area contributed by atoms with E-state index < -0.39 is 22.1 Å². The van der Waals surface area contributed by atoms with E-state index in [9.17, 15) is 23.4 Å². The first-order valence-corrected chi connectivity index (χ1v) is 14.4. The van der Waals surface area contributed by atoms with Crippen LogP contribution in [-0.2, 0) is 16.4 Å². The first-order chi connectivity index (χ1) is 18.9. The van der Waals surface area contributed by atoms with E-state index >= 15 is 0 Å². The molecule has 0 aliphatic heterocycles. The van der Waals surface area contributed by atoms with Gasteiger partial charge in [0.2, 0.25) is 10.0 Å². The third-order valence-electron chi connectivity index (χ3n) is 6.90. The molecule has 0 aromatic heterocycles. The molecule has 0 spiro atoms. The molecule has 5 N–H and O–H groups in total. The zero-order valence-corrected chi connectivity index (χ0v) is 23.7. The molecule has 4 aromatic rings. The van der Waals surface area contributed by atoms with E-state index in [1.54, 1.807) is 18.2 Å². The predicted octanol–water partition coefficient (Wildman–Crippen LogP) is 4.38. The number of nitrogens with two attached hydrogens (primary N) is 1. The van der Waals surface area contributed by atoms with Gasteiger partial charge in [-0.3, -0.25) is 0 Å². The molecule has 0 aliphatic carbocycles. The molecule has 0 amide bonds. The summed E-state index contributed by atoms with van der Waals surface area (Å²) in [5, 5.41) is 25.6. The summed E-state index contributed by atoms with van der Waals surface area (Å²) in [5.41, 5.74) is 8.25. The van der Waals surface area contributed by atoms with Crippen LogP contribution in [-0.4, -0.2) is 60.7 Å². The van der Waals surface area contributed by atoms with Crippen LogP contribution in [0.15, 0.2) is 89.8 Å². The maximum atomic E-state index is 13.3. The van der Waals surface area contributed by atoms with E-state index in [1.807, 2.05) is 12.1 Å². The van der Waals surface area contributed by atoms with Crippen molar-refractivity contribution in [3.8, 4) is 11.1 Å². The molecule has 40 heavy (non-hydrogen) atoms. The highest BCUT2D eigenvalue weighted by atomic mass is 32.2. The molecule has 4 aromatic carbocycles. The van der Waals surface area contributed by atoms with Crippen LogP contribution in [0.5, 0.6) is 0 Å². The van der Waals surface area contributed by atoms with Crippen LogP contribution in [0.3, 0.4) is 0 Å². The molecule has 0 unspecified atom stereocenters. The second-order valence-electron chi connectivity index (χ2n) is 10.7. The van der Waals surface area contributed by atoms with E-state index in [2.05, 4.69) is 49.5 Å². The van der Waals surface area contributed by atoms with Crippen LogP contribution in [0.4, 0.5) is 5.69 Å². The second-order valence-corrected chi connectivity index (χ2v) is 12.7. The summed E-state index contributed by atoms with van der Waals surface area (Å²) in [4.78, 5) is 11.3. The Hall–Kier alpha value is -3.76. The number of aromatic carboxylic acids is 1. The van der Waals surface area contributed by atoms with Crippen LogP contribution in [0.25, 0.3) is 21.9 Å². The lowest BCUT2D eigenvalue weighted by Crippen LogP contribution is -2.47. The minimum atomic E-state index is -3.91. The first kappa shape index (κ1) is 29.2. The number of carboxylic acids is 1. The highest BCUT2D eigenvalue weighted by molar-refractivity contribution is 7.89. The Labute approximate surface area is 235 Å². The number of nitrogen functional groups attached to an aromatic ring is 1. The van der Waals surface area contributed by atoms with Crippen molar-refractivity contribution in [2.24, 2.45) is 0 Å². The molecule has 0 saturated carbocycles.